The lowest BCUT2D eigenvalue weighted by Gasteiger charge is -2.40. The fraction of sp³-hybridized carbons (Fsp3) is 0.440. The molecular formula is C25H29F2N3O3. The van der Waals surface area contributed by atoms with Gasteiger partial charge in [-0.3, -0.25) is 14.5 Å². The highest BCUT2D eigenvalue weighted by Gasteiger charge is 2.37. The summed E-state index contributed by atoms with van der Waals surface area (Å²) in [5.74, 6) is -0.925. The summed E-state index contributed by atoms with van der Waals surface area (Å²) >= 11 is 0. The van der Waals surface area contributed by atoms with Crippen molar-refractivity contribution in [3.63, 3.8) is 0 Å². The molecule has 1 unspecified atom stereocenters. The highest BCUT2D eigenvalue weighted by atomic mass is 19.1. The Labute approximate surface area is 192 Å². The van der Waals surface area contributed by atoms with E-state index in [-0.39, 0.29) is 23.4 Å². The number of carbonyl (C=O) groups is 2. The molecule has 2 aromatic carbocycles. The average Bonchev–Trinajstić information content (AvgIpc) is 3.35. The van der Waals surface area contributed by atoms with Crippen LogP contribution in [0.4, 0.5) is 14.5 Å². The first-order valence-corrected chi connectivity index (χ1v) is 11.4. The van der Waals surface area contributed by atoms with Gasteiger partial charge in [-0.25, -0.2) is 8.78 Å². The molecule has 0 bridgehead atoms. The second kappa shape index (κ2) is 10.3. The van der Waals surface area contributed by atoms with E-state index in [4.69, 9.17) is 4.74 Å². The van der Waals surface area contributed by atoms with Crippen LogP contribution < -0.4 is 10.1 Å². The van der Waals surface area contributed by atoms with E-state index in [1.54, 1.807) is 36.3 Å². The van der Waals surface area contributed by atoms with Gasteiger partial charge < -0.3 is 15.0 Å². The molecule has 6 nitrogen and oxygen atoms in total. The topological polar surface area (TPSA) is 61.9 Å². The molecule has 1 saturated carbocycles. The maximum absolute atomic E-state index is 14.1. The minimum absolute atomic E-state index is 0.0160. The predicted octanol–water partition coefficient (Wildman–Crippen LogP) is 3.93. The number of halogens is 2. The number of amides is 2. The molecular weight excluding hydrogens is 428 g/mol. The number of rotatable bonds is 6. The van der Waals surface area contributed by atoms with Crippen LogP contribution in [0.5, 0.6) is 5.75 Å². The molecule has 0 spiro atoms. The number of nitrogens with zero attached hydrogens (tertiary/aromatic N) is 2. The number of carbonyl (C=O) groups excluding carboxylic acids is 2. The van der Waals surface area contributed by atoms with Crippen LogP contribution >= 0.6 is 0 Å². The molecule has 0 radical (unpaired) electrons. The Balaban J connectivity index is 1.43. The number of nitrogens with one attached hydrogen (secondary N) is 1. The Morgan fingerprint density at radius 3 is 2.27 bits per heavy atom. The second-order valence-electron chi connectivity index (χ2n) is 8.66. The van der Waals surface area contributed by atoms with Crippen molar-refractivity contribution in [2.24, 2.45) is 5.92 Å². The minimum Gasteiger partial charge on any atom is -0.497 e. The summed E-state index contributed by atoms with van der Waals surface area (Å²) in [6.45, 7) is 2.13. The first kappa shape index (κ1) is 23.2. The van der Waals surface area contributed by atoms with Gasteiger partial charge in [0.2, 0.25) is 5.91 Å². The molecule has 1 N–H and O–H groups in total. The molecule has 1 saturated heterocycles. The largest absolute Gasteiger partial charge is 0.497 e. The van der Waals surface area contributed by atoms with Gasteiger partial charge in [-0.2, -0.15) is 0 Å². The number of benzene rings is 2. The molecule has 4 rings (SSSR count). The summed E-state index contributed by atoms with van der Waals surface area (Å²) in [5.41, 5.74) is 0.582. The van der Waals surface area contributed by atoms with Crippen LogP contribution in [0.1, 0.15) is 36.0 Å². The van der Waals surface area contributed by atoms with Crippen LogP contribution in [0.15, 0.2) is 42.5 Å². The maximum Gasteiger partial charge on any atom is 0.253 e. The Kier molecular flexibility index (Phi) is 7.23. The SMILES string of the molecule is COc1ccc(C(=O)N2CCN(C(C(=O)Nc3ccc(F)cc3F)C3CCCC3)CC2)cc1. The van der Waals surface area contributed by atoms with E-state index in [2.05, 4.69) is 10.2 Å². The van der Waals surface area contributed by atoms with E-state index in [0.717, 1.165) is 37.8 Å². The molecule has 2 fully saturated rings. The zero-order valence-electron chi connectivity index (χ0n) is 18.7. The third kappa shape index (κ3) is 5.33. The number of hydrogen-bond donors (Lipinski definition) is 1. The first-order chi connectivity index (χ1) is 16.0. The first-order valence-electron chi connectivity index (χ1n) is 11.4. The summed E-state index contributed by atoms with van der Waals surface area (Å²) in [7, 11) is 1.58. The quantitative estimate of drug-likeness (QED) is 0.714. The number of piperazine rings is 1. The minimum atomic E-state index is -0.788. The van der Waals surface area contributed by atoms with Gasteiger partial charge in [0.15, 0.2) is 0 Å². The van der Waals surface area contributed by atoms with Crippen molar-refractivity contribution in [1.82, 2.24) is 9.80 Å². The van der Waals surface area contributed by atoms with Crippen LogP contribution in [-0.4, -0.2) is 60.9 Å². The van der Waals surface area contributed by atoms with Crippen molar-refractivity contribution < 1.29 is 23.1 Å². The lowest BCUT2D eigenvalue weighted by Crippen LogP contribution is -2.57. The van der Waals surface area contributed by atoms with Gasteiger partial charge in [-0.05, 0) is 55.2 Å². The lowest BCUT2D eigenvalue weighted by atomic mass is 9.94. The molecule has 8 heteroatoms. The van der Waals surface area contributed by atoms with Crippen LogP contribution in [0.3, 0.4) is 0 Å². The summed E-state index contributed by atoms with van der Waals surface area (Å²) < 4.78 is 32.5. The van der Waals surface area contributed by atoms with Crippen LogP contribution in [0.2, 0.25) is 0 Å². The smallest absolute Gasteiger partial charge is 0.253 e. The summed E-state index contributed by atoms with van der Waals surface area (Å²) in [6.07, 6.45) is 4.01. The second-order valence-corrected chi connectivity index (χ2v) is 8.66. The molecule has 33 heavy (non-hydrogen) atoms. The van der Waals surface area contributed by atoms with E-state index >= 15 is 0 Å². The fourth-order valence-corrected chi connectivity index (χ4v) is 4.87. The van der Waals surface area contributed by atoms with Crippen LogP contribution in [0, 0.1) is 17.6 Å². The predicted molar refractivity (Wildman–Crippen MR) is 121 cm³/mol. The molecule has 2 amide bonds. The van der Waals surface area contributed by atoms with Crippen molar-refractivity contribution in [3.05, 3.63) is 59.7 Å². The lowest BCUT2D eigenvalue weighted by molar-refractivity contribution is -0.124. The standard InChI is InChI=1S/C25H29F2N3O3/c1-33-20-9-6-18(7-10-20)25(32)30-14-12-29(13-15-30)23(17-4-2-3-5-17)24(31)28-22-11-8-19(26)16-21(22)27/h6-11,16-17,23H,2-5,12-15H2,1H3,(H,28,31). The van der Waals surface area contributed by atoms with Gasteiger partial charge in [-0.1, -0.05) is 12.8 Å². The van der Waals surface area contributed by atoms with Crippen LogP contribution in [-0.2, 0) is 4.79 Å². The van der Waals surface area contributed by atoms with Crippen molar-refractivity contribution in [3.8, 4) is 5.75 Å². The molecule has 1 aliphatic heterocycles. The van der Waals surface area contributed by atoms with E-state index in [1.165, 1.54) is 6.07 Å². The van der Waals surface area contributed by atoms with Crippen LogP contribution in [0.25, 0.3) is 0 Å². The Morgan fingerprint density at radius 1 is 1.00 bits per heavy atom. The van der Waals surface area contributed by atoms with Gasteiger partial charge >= 0.3 is 0 Å². The van der Waals surface area contributed by atoms with Gasteiger partial charge in [0.05, 0.1) is 18.8 Å². The summed E-state index contributed by atoms with van der Waals surface area (Å²) in [5, 5.41) is 2.67. The normalized spacial score (nSPS) is 18.2. The van der Waals surface area contributed by atoms with Gasteiger partial charge in [0.25, 0.3) is 5.91 Å². The van der Waals surface area contributed by atoms with E-state index < -0.39 is 17.7 Å². The molecule has 2 aromatic rings. The number of anilines is 1. The van der Waals surface area contributed by atoms with Gasteiger partial charge in [-0.15, -0.1) is 0 Å². The number of ether oxygens (including phenoxy) is 1. The number of methoxy groups -OCH3 is 1. The third-order valence-corrected chi connectivity index (χ3v) is 6.64. The highest BCUT2D eigenvalue weighted by Crippen LogP contribution is 2.32. The van der Waals surface area contributed by atoms with Crippen molar-refractivity contribution in [1.29, 1.82) is 0 Å². The van der Waals surface area contributed by atoms with E-state index in [1.807, 2.05) is 0 Å². The Bertz CT molecular complexity index is 985. The zero-order chi connectivity index (χ0) is 23.4. The van der Waals surface area contributed by atoms with Crippen molar-refractivity contribution >= 4 is 17.5 Å². The van der Waals surface area contributed by atoms with E-state index in [9.17, 15) is 18.4 Å². The summed E-state index contributed by atoms with van der Waals surface area (Å²) in [4.78, 5) is 30.0. The van der Waals surface area contributed by atoms with Gasteiger partial charge in [0, 0.05) is 37.8 Å². The third-order valence-electron chi connectivity index (χ3n) is 6.64. The Hall–Kier alpha value is -3.00. The molecule has 2 aliphatic rings. The summed E-state index contributed by atoms with van der Waals surface area (Å²) in [6, 6.07) is 9.77. The molecule has 1 heterocycles. The average molecular weight is 458 g/mol. The molecule has 1 atom stereocenters. The van der Waals surface area contributed by atoms with Gasteiger partial charge in [0.1, 0.15) is 17.4 Å². The maximum atomic E-state index is 14.1. The van der Waals surface area contributed by atoms with E-state index in [0.29, 0.717) is 37.5 Å². The molecule has 0 aromatic heterocycles. The molecule has 176 valence electrons. The molecule has 1 aliphatic carbocycles. The monoisotopic (exact) mass is 457 g/mol. The fourth-order valence-electron chi connectivity index (χ4n) is 4.87. The highest BCUT2D eigenvalue weighted by molar-refractivity contribution is 5.96. The van der Waals surface area contributed by atoms with Crippen molar-refractivity contribution in [2.45, 2.75) is 31.7 Å². The zero-order valence-corrected chi connectivity index (χ0v) is 18.7. The van der Waals surface area contributed by atoms with Crippen molar-refractivity contribution in [2.75, 3.05) is 38.6 Å². The Morgan fingerprint density at radius 2 is 1.67 bits per heavy atom. The number of hydrogen-bond acceptors (Lipinski definition) is 4.